The number of imidazole rings is 1. The first-order valence-corrected chi connectivity index (χ1v) is 5.58. The third-order valence-electron chi connectivity index (χ3n) is 2.81. The molecule has 3 N–H and O–H groups in total. The van der Waals surface area contributed by atoms with Crippen LogP contribution in [0.2, 0.25) is 0 Å². The fraction of sp³-hybridized carbons (Fsp3) is 0.364. The highest BCUT2D eigenvalue weighted by Gasteiger charge is 2.21. The molecule has 2 aromatic rings. The SMILES string of the molecule is COC(C)c1c(NC(N)=O)cnn2c(F)c(C)nc12. The van der Waals surface area contributed by atoms with E-state index in [1.54, 1.807) is 6.92 Å². The van der Waals surface area contributed by atoms with Gasteiger partial charge in [-0.1, -0.05) is 0 Å². The summed E-state index contributed by atoms with van der Waals surface area (Å²) in [6, 6.07) is -0.737. The van der Waals surface area contributed by atoms with Crippen LogP contribution in [0.4, 0.5) is 14.9 Å². The normalized spacial score (nSPS) is 12.6. The van der Waals surface area contributed by atoms with Crippen LogP contribution in [0.25, 0.3) is 5.65 Å². The number of methoxy groups -OCH3 is 1. The molecule has 0 spiro atoms. The van der Waals surface area contributed by atoms with Crippen molar-refractivity contribution in [1.82, 2.24) is 14.6 Å². The van der Waals surface area contributed by atoms with Crippen molar-refractivity contribution in [3.8, 4) is 0 Å². The van der Waals surface area contributed by atoms with E-state index in [1.165, 1.54) is 20.2 Å². The van der Waals surface area contributed by atoms with E-state index in [2.05, 4.69) is 15.4 Å². The van der Waals surface area contributed by atoms with Crippen LogP contribution in [0.5, 0.6) is 0 Å². The Morgan fingerprint density at radius 2 is 2.32 bits per heavy atom. The van der Waals surface area contributed by atoms with Gasteiger partial charge in [0.15, 0.2) is 5.65 Å². The molecule has 2 amide bonds. The minimum absolute atomic E-state index is 0.216. The fourth-order valence-corrected chi connectivity index (χ4v) is 1.83. The summed E-state index contributed by atoms with van der Waals surface area (Å²) in [5.74, 6) is -0.551. The number of aryl methyl sites for hydroxylation is 1. The summed E-state index contributed by atoms with van der Waals surface area (Å²) < 4.78 is 20.1. The lowest BCUT2D eigenvalue weighted by Crippen LogP contribution is -2.21. The number of fused-ring (bicyclic) bond motifs is 1. The quantitative estimate of drug-likeness (QED) is 0.878. The molecule has 2 rings (SSSR count). The summed E-state index contributed by atoms with van der Waals surface area (Å²) in [6.45, 7) is 3.29. The molecular weight excluding hydrogens is 253 g/mol. The molecule has 2 aromatic heterocycles. The lowest BCUT2D eigenvalue weighted by atomic mass is 10.1. The Balaban J connectivity index is 2.72. The van der Waals surface area contributed by atoms with Crippen LogP contribution in [0.3, 0.4) is 0 Å². The van der Waals surface area contributed by atoms with E-state index >= 15 is 0 Å². The molecule has 1 atom stereocenters. The first kappa shape index (κ1) is 13.2. The summed E-state index contributed by atoms with van der Waals surface area (Å²) in [7, 11) is 1.50. The number of nitrogens with one attached hydrogen (secondary N) is 1. The monoisotopic (exact) mass is 267 g/mol. The van der Waals surface area contributed by atoms with Gasteiger partial charge in [0, 0.05) is 7.11 Å². The highest BCUT2D eigenvalue weighted by atomic mass is 19.1. The maximum absolute atomic E-state index is 13.8. The van der Waals surface area contributed by atoms with Crippen LogP contribution in [0, 0.1) is 12.9 Å². The van der Waals surface area contributed by atoms with Gasteiger partial charge in [0.1, 0.15) is 0 Å². The number of urea groups is 1. The average molecular weight is 267 g/mol. The van der Waals surface area contributed by atoms with E-state index in [0.29, 0.717) is 11.3 Å². The second-order valence-corrected chi connectivity index (χ2v) is 4.06. The number of primary amides is 1. The predicted molar refractivity (Wildman–Crippen MR) is 66.3 cm³/mol. The fourth-order valence-electron chi connectivity index (χ4n) is 1.83. The number of nitrogens with zero attached hydrogens (tertiary/aromatic N) is 3. The van der Waals surface area contributed by atoms with E-state index in [9.17, 15) is 9.18 Å². The molecule has 0 bridgehead atoms. The number of carbonyl (C=O) groups excluding carboxylic acids is 1. The van der Waals surface area contributed by atoms with Crippen molar-refractivity contribution in [1.29, 1.82) is 0 Å². The van der Waals surface area contributed by atoms with Gasteiger partial charge in [-0.15, -0.1) is 0 Å². The van der Waals surface area contributed by atoms with Crippen molar-refractivity contribution in [3.05, 3.63) is 23.4 Å². The molecule has 0 radical (unpaired) electrons. The number of aromatic nitrogens is 3. The lowest BCUT2D eigenvalue weighted by Gasteiger charge is -2.15. The van der Waals surface area contributed by atoms with E-state index < -0.39 is 18.1 Å². The van der Waals surface area contributed by atoms with Gasteiger partial charge >= 0.3 is 6.03 Å². The van der Waals surface area contributed by atoms with Crippen LogP contribution in [-0.2, 0) is 4.74 Å². The number of carbonyl (C=O) groups is 1. The van der Waals surface area contributed by atoms with Crippen LogP contribution >= 0.6 is 0 Å². The number of amides is 2. The van der Waals surface area contributed by atoms with Gasteiger partial charge in [-0.05, 0) is 13.8 Å². The summed E-state index contributed by atoms with van der Waals surface area (Å²) in [5.41, 5.74) is 6.46. The molecule has 102 valence electrons. The predicted octanol–water partition coefficient (Wildman–Crippen LogP) is 1.37. The summed E-state index contributed by atoms with van der Waals surface area (Å²) >= 11 is 0. The van der Waals surface area contributed by atoms with Crippen LogP contribution < -0.4 is 11.1 Å². The third-order valence-corrected chi connectivity index (χ3v) is 2.81. The van der Waals surface area contributed by atoms with Gasteiger partial charge in [0.05, 0.1) is 29.2 Å². The van der Waals surface area contributed by atoms with Crippen molar-refractivity contribution in [2.24, 2.45) is 5.73 Å². The molecule has 0 saturated carbocycles. The minimum Gasteiger partial charge on any atom is -0.377 e. The second-order valence-electron chi connectivity index (χ2n) is 4.06. The standard InChI is InChI=1S/C11H14FN5O2/c1-5-9(12)17-10(15-5)8(6(2)19-3)7(4-14-17)16-11(13)18/h4,6H,1-3H3,(H3,13,16,18). The Bertz CT molecular complexity index is 640. The molecule has 0 aliphatic carbocycles. The smallest absolute Gasteiger partial charge is 0.316 e. The Labute approximate surface area is 108 Å². The lowest BCUT2D eigenvalue weighted by molar-refractivity contribution is 0.120. The van der Waals surface area contributed by atoms with Gasteiger partial charge < -0.3 is 15.8 Å². The van der Waals surface area contributed by atoms with E-state index in [1.807, 2.05) is 0 Å². The number of rotatable bonds is 3. The zero-order chi connectivity index (χ0) is 14.2. The maximum atomic E-state index is 13.8. The topological polar surface area (TPSA) is 94.5 Å². The number of hydrogen-bond donors (Lipinski definition) is 2. The number of anilines is 1. The molecule has 0 saturated heterocycles. The number of nitrogens with two attached hydrogens (primary N) is 1. The molecule has 1 unspecified atom stereocenters. The maximum Gasteiger partial charge on any atom is 0.316 e. The highest BCUT2D eigenvalue weighted by Crippen LogP contribution is 2.29. The molecule has 7 nitrogen and oxygen atoms in total. The second kappa shape index (κ2) is 4.81. The average Bonchev–Trinajstić information content (AvgIpc) is 2.63. The Kier molecular flexibility index (Phi) is 3.34. The number of ether oxygens (including phenoxy) is 1. The zero-order valence-electron chi connectivity index (χ0n) is 10.8. The molecule has 0 aliphatic heterocycles. The van der Waals surface area contributed by atoms with E-state index in [-0.39, 0.29) is 11.3 Å². The molecular formula is C11H14FN5O2. The number of halogens is 1. The largest absolute Gasteiger partial charge is 0.377 e. The van der Waals surface area contributed by atoms with Crippen LogP contribution in [0.15, 0.2) is 6.20 Å². The summed E-state index contributed by atoms with van der Waals surface area (Å²) in [6.07, 6.45) is 0.904. The van der Waals surface area contributed by atoms with Crippen molar-refractivity contribution >= 4 is 17.4 Å². The first-order chi connectivity index (χ1) is 8.95. The highest BCUT2D eigenvalue weighted by molar-refractivity contribution is 5.89. The first-order valence-electron chi connectivity index (χ1n) is 5.58. The van der Waals surface area contributed by atoms with Gasteiger partial charge in [-0.3, -0.25) is 0 Å². The Morgan fingerprint density at radius 3 is 2.89 bits per heavy atom. The minimum atomic E-state index is -0.737. The van der Waals surface area contributed by atoms with Gasteiger partial charge in [-0.25, -0.2) is 9.78 Å². The van der Waals surface area contributed by atoms with Crippen molar-refractivity contribution in [3.63, 3.8) is 0 Å². The van der Waals surface area contributed by atoms with Crippen molar-refractivity contribution in [2.75, 3.05) is 12.4 Å². The molecule has 0 aliphatic rings. The summed E-state index contributed by atoms with van der Waals surface area (Å²) in [4.78, 5) is 15.1. The molecule has 0 aromatic carbocycles. The van der Waals surface area contributed by atoms with Gasteiger partial charge in [-0.2, -0.15) is 14.0 Å². The molecule has 19 heavy (non-hydrogen) atoms. The van der Waals surface area contributed by atoms with Crippen molar-refractivity contribution in [2.45, 2.75) is 20.0 Å². The molecule has 0 fully saturated rings. The van der Waals surface area contributed by atoms with Crippen molar-refractivity contribution < 1.29 is 13.9 Å². The van der Waals surface area contributed by atoms with E-state index in [0.717, 1.165) is 4.52 Å². The number of hydrogen-bond acceptors (Lipinski definition) is 4. The van der Waals surface area contributed by atoms with E-state index in [4.69, 9.17) is 10.5 Å². The van der Waals surface area contributed by atoms with Gasteiger partial charge in [0.25, 0.3) is 0 Å². The van der Waals surface area contributed by atoms with Crippen LogP contribution in [0.1, 0.15) is 24.3 Å². The molecule has 2 heterocycles. The third kappa shape index (κ3) is 2.22. The Hall–Kier alpha value is -2.22. The van der Waals surface area contributed by atoms with Gasteiger partial charge in [0.2, 0.25) is 5.95 Å². The Morgan fingerprint density at radius 1 is 1.63 bits per heavy atom. The summed E-state index contributed by atoms with van der Waals surface area (Å²) in [5, 5.41) is 6.32. The zero-order valence-corrected chi connectivity index (χ0v) is 10.8. The van der Waals surface area contributed by atoms with Crippen LogP contribution in [-0.4, -0.2) is 27.7 Å². The molecule has 8 heteroatoms.